The number of benzene rings is 2. The van der Waals surface area contributed by atoms with E-state index >= 15 is 0 Å². The molecule has 0 bridgehead atoms. The number of ether oxygens (including phenoxy) is 2. The molecule has 1 aliphatic heterocycles. The number of hydrogen-bond acceptors (Lipinski definition) is 4. The van der Waals surface area contributed by atoms with E-state index in [9.17, 15) is 0 Å². The predicted octanol–water partition coefficient (Wildman–Crippen LogP) is 5.07. The van der Waals surface area contributed by atoms with Gasteiger partial charge in [0.05, 0.1) is 12.3 Å². The van der Waals surface area contributed by atoms with Gasteiger partial charge >= 0.3 is 0 Å². The van der Waals surface area contributed by atoms with E-state index in [2.05, 4.69) is 48.5 Å². The van der Waals surface area contributed by atoms with Gasteiger partial charge < -0.3 is 14.3 Å². The van der Waals surface area contributed by atoms with Crippen LogP contribution in [0.5, 0.6) is 11.5 Å². The standard InChI is InChI=1S/C24H27NO3/c1-2-12-26-22-9-8-19(21-16-24(28-25-21)10-5-11-24)15-23(22)27-20-13-17-6-3-4-7-18(17)14-20/h3-4,6-9,15,20H,2,5,10-14,16H2,1H3. The summed E-state index contributed by atoms with van der Waals surface area (Å²) >= 11 is 0. The first kappa shape index (κ1) is 17.6. The van der Waals surface area contributed by atoms with E-state index in [1.807, 2.05) is 6.07 Å². The first-order valence-corrected chi connectivity index (χ1v) is 10.5. The highest BCUT2D eigenvalue weighted by molar-refractivity contribution is 6.02. The van der Waals surface area contributed by atoms with Crippen molar-refractivity contribution < 1.29 is 14.3 Å². The average molecular weight is 377 g/mol. The fourth-order valence-corrected chi connectivity index (χ4v) is 4.41. The SMILES string of the molecule is CCCOc1ccc(C2=NOC3(CCC3)C2)cc1OC1Cc2ccccc2C1. The van der Waals surface area contributed by atoms with Crippen molar-refractivity contribution in [1.29, 1.82) is 0 Å². The summed E-state index contributed by atoms with van der Waals surface area (Å²) < 4.78 is 12.4. The van der Waals surface area contributed by atoms with Gasteiger partial charge in [-0.25, -0.2) is 0 Å². The molecule has 1 saturated carbocycles. The van der Waals surface area contributed by atoms with Crippen molar-refractivity contribution in [3.05, 3.63) is 59.2 Å². The third-order valence-corrected chi connectivity index (χ3v) is 6.15. The highest BCUT2D eigenvalue weighted by atomic mass is 16.7. The van der Waals surface area contributed by atoms with Gasteiger partial charge in [-0.05, 0) is 55.0 Å². The van der Waals surface area contributed by atoms with Crippen molar-refractivity contribution in [2.45, 2.75) is 63.6 Å². The monoisotopic (exact) mass is 377 g/mol. The zero-order valence-electron chi connectivity index (χ0n) is 16.4. The molecule has 5 rings (SSSR count). The maximum atomic E-state index is 6.46. The van der Waals surface area contributed by atoms with E-state index in [0.29, 0.717) is 6.61 Å². The third kappa shape index (κ3) is 3.25. The Balaban J connectivity index is 1.37. The largest absolute Gasteiger partial charge is 0.490 e. The molecule has 0 saturated heterocycles. The molecule has 3 aliphatic rings. The molecule has 0 amide bonds. The molecular weight excluding hydrogens is 350 g/mol. The molecule has 0 N–H and O–H groups in total. The molecular formula is C24H27NO3. The van der Waals surface area contributed by atoms with Crippen LogP contribution in [0.15, 0.2) is 47.6 Å². The molecule has 0 radical (unpaired) electrons. The van der Waals surface area contributed by atoms with Crippen LogP contribution in [-0.2, 0) is 17.7 Å². The smallest absolute Gasteiger partial charge is 0.162 e. The summed E-state index contributed by atoms with van der Waals surface area (Å²) in [5.74, 6) is 1.64. The van der Waals surface area contributed by atoms with Crippen LogP contribution in [0, 0.1) is 0 Å². The number of hydrogen-bond donors (Lipinski definition) is 0. The Morgan fingerprint density at radius 3 is 2.50 bits per heavy atom. The minimum atomic E-state index is -0.0270. The lowest BCUT2D eigenvalue weighted by Gasteiger charge is -2.34. The molecule has 2 aromatic rings. The summed E-state index contributed by atoms with van der Waals surface area (Å²) in [6.07, 6.45) is 7.37. The highest BCUT2D eigenvalue weighted by Gasteiger charge is 2.45. The van der Waals surface area contributed by atoms with Gasteiger partial charge in [0.15, 0.2) is 11.5 Å². The van der Waals surface area contributed by atoms with Gasteiger partial charge in [0.2, 0.25) is 0 Å². The van der Waals surface area contributed by atoms with E-state index in [-0.39, 0.29) is 11.7 Å². The quantitative estimate of drug-likeness (QED) is 0.706. The average Bonchev–Trinajstić information content (AvgIpc) is 3.31. The van der Waals surface area contributed by atoms with E-state index < -0.39 is 0 Å². The Labute approximate surface area is 166 Å². The lowest BCUT2D eigenvalue weighted by atomic mass is 9.76. The van der Waals surface area contributed by atoms with E-state index in [4.69, 9.17) is 14.3 Å². The third-order valence-electron chi connectivity index (χ3n) is 6.15. The van der Waals surface area contributed by atoms with Crippen molar-refractivity contribution in [2.24, 2.45) is 5.16 Å². The Hall–Kier alpha value is -2.49. The molecule has 28 heavy (non-hydrogen) atoms. The van der Waals surface area contributed by atoms with Crippen molar-refractivity contribution in [3.8, 4) is 11.5 Å². The molecule has 1 heterocycles. The van der Waals surface area contributed by atoms with Crippen LogP contribution in [0.3, 0.4) is 0 Å². The molecule has 4 heteroatoms. The normalized spacial score (nSPS) is 19.7. The van der Waals surface area contributed by atoms with E-state index in [1.54, 1.807) is 0 Å². The van der Waals surface area contributed by atoms with Gasteiger partial charge in [0.25, 0.3) is 0 Å². The molecule has 4 nitrogen and oxygen atoms in total. The number of rotatable bonds is 6. The van der Waals surface area contributed by atoms with Gasteiger partial charge in [-0.15, -0.1) is 0 Å². The summed E-state index contributed by atoms with van der Waals surface area (Å²) in [5.41, 5.74) is 4.86. The van der Waals surface area contributed by atoms with Crippen LogP contribution in [-0.4, -0.2) is 24.0 Å². The fourth-order valence-electron chi connectivity index (χ4n) is 4.41. The zero-order chi connectivity index (χ0) is 19.0. The van der Waals surface area contributed by atoms with Gasteiger partial charge in [-0.2, -0.15) is 0 Å². The maximum Gasteiger partial charge on any atom is 0.162 e. The highest BCUT2D eigenvalue weighted by Crippen LogP contribution is 2.44. The lowest BCUT2D eigenvalue weighted by Crippen LogP contribution is -2.36. The van der Waals surface area contributed by atoms with Gasteiger partial charge in [-0.1, -0.05) is 36.3 Å². The predicted molar refractivity (Wildman–Crippen MR) is 109 cm³/mol. The van der Waals surface area contributed by atoms with Crippen molar-refractivity contribution in [1.82, 2.24) is 0 Å². The van der Waals surface area contributed by atoms with Crippen LogP contribution in [0.4, 0.5) is 0 Å². The second-order valence-electron chi connectivity index (χ2n) is 8.27. The maximum absolute atomic E-state index is 6.46. The topological polar surface area (TPSA) is 40.0 Å². The van der Waals surface area contributed by atoms with Gasteiger partial charge in [0, 0.05) is 24.8 Å². The molecule has 1 fully saturated rings. The van der Waals surface area contributed by atoms with Gasteiger partial charge in [-0.3, -0.25) is 0 Å². The van der Waals surface area contributed by atoms with Crippen molar-refractivity contribution in [2.75, 3.05) is 6.61 Å². The van der Waals surface area contributed by atoms with Crippen molar-refractivity contribution in [3.63, 3.8) is 0 Å². The summed E-state index contributed by atoms with van der Waals surface area (Å²) in [6.45, 7) is 2.80. The van der Waals surface area contributed by atoms with E-state index in [1.165, 1.54) is 17.5 Å². The molecule has 2 aromatic carbocycles. The van der Waals surface area contributed by atoms with Crippen molar-refractivity contribution >= 4 is 5.71 Å². The molecule has 146 valence electrons. The Kier molecular flexibility index (Phi) is 4.50. The molecule has 1 spiro atoms. The summed E-state index contributed by atoms with van der Waals surface area (Å²) in [7, 11) is 0. The summed E-state index contributed by atoms with van der Waals surface area (Å²) in [6, 6.07) is 14.8. The number of nitrogens with zero attached hydrogens (tertiary/aromatic N) is 1. The van der Waals surface area contributed by atoms with Crippen LogP contribution in [0.1, 0.15) is 55.7 Å². The summed E-state index contributed by atoms with van der Waals surface area (Å²) in [4.78, 5) is 5.77. The summed E-state index contributed by atoms with van der Waals surface area (Å²) in [5, 5.41) is 4.40. The number of oxime groups is 1. The minimum Gasteiger partial charge on any atom is -0.490 e. The first-order chi connectivity index (χ1) is 13.7. The molecule has 0 atom stereocenters. The van der Waals surface area contributed by atoms with Gasteiger partial charge in [0.1, 0.15) is 11.7 Å². The second-order valence-corrected chi connectivity index (χ2v) is 8.27. The molecule has 2 aliphatic carbocycles. The minimum absolute atomic E-state index is 0.0270. The van der Waals surface area contributed by atoms with Crippen LogP contribution in [0.25, 0.3) is 0 Å². The Bertz CT molecular complexity index is 875. The van der Waals surface area contributed by atoms with E-state index in [0.717, 1.165) is 61.3 Å². The second kappa shape index (κ2) is 7.16. The lowest BCUT2D eigenvalue weighted by molar-refractivity contribution is -0.0755. The molecule has 0 aromatic heterocycles. The molecule has 0 unspecified atom stereocenters. The zero-order valence-corrected chi connectivity index (χ0v) is 16.4. The fraction of sp³-hybridized carbons (Fsp3) is 0.458. The van der Waals surface area contributed by atoms with Crippen LogP contribution >= 0.6 is 0 Å². The van der Waals surface area contributed by atoms with Crippen LogP contribution in [0.2, 0.25) is 0 Å². The van der Waals surface area contributed by atoms with Crippen LogP contribution < -0.4 is 9.47 Å². The Morgan fingerprint density at radius 1 is 1.07 bits per heavy atom. The Morgan fingerprint density at radius 2 is 1.86 bits per heavy atom. The number of fused-ring (bicyclic) bond motifs is 1. The first-order valence-electron chi connectivity index (χ1n) is 10.5.